The van der Waals surface area contributed by atoms with Gasteiger partial charge in [-0.1, -0.05) is 50.6 Å². The van der Waals surface area contributed by atoms with Crippen LogP contribution in [0.1, 0.15) is 50.7 Å². The van der Waals surface area contributed by atoms with Crippen LogP contribution in [0.25, 0.3) is 6.08 Å². The Balaban J connectivity index is 0.00000225. The number of halogens is 3. The zero-order valence-electron chi connectivity index (χ0n) is 14.8. The molecule has 2 nitrogen and oxygen atoms in total. The van der Waals surface area contributed by atoms with Gasteiger partial charge in [0.2, 0.25) is 6.33 Å². The molecule has 2 aromatic rings. The van der Waals surface area contributed by atoms with Crippen LogP contribution in [-0.4, -0.2) is 4.57 Å². The fraction of sp³-hybridized carbons (Fsp3) is 0.450. The van der Waals surface area contributed by atoms with E-state index in [9.17, 15) is 0 Å². The molecule has 0 N–H and O–H groups in total. The second-order valence-corrected chi connectivity index (χ2v) is 7.35. The lowest BCUT2D eigenvalue weighted by Crippen LogP contribution is -3.00. The van der Waals surface area contributed by atoms with E-state index in [2.05, 4.69) is 65.7 Å². The van der Waals surface area contributed by atoms with E-state index in [-0.39, 0.29) is 22.5 Å². The Kier molecular flexibility index (Phi) is 7.19. The molecule has 0 radical (unpaired) electrons. The SMILES string of the molecule is CCCCC[n+]1cn(C2(CC)C=Cc3ccccc3C2)c(Cl)c1Cl.[Br-]. The lowest BCUT2D eigenvalue weighted by atomic mass is 9.81. The van der Waals surface area contributed by atoms with E-state index in [4.69, 9.17) is 23.2 Å². The normalized spacial score (nSPS) is 18.7. The average molecular weight is 444 g/mol. The van der Waals surface area contributed by atoms with Crippen molar-refractivity contribution in [1.82, 2.24) is 4.57 Å². The Labute approximate surface area is 171 Å². The minimum Gasteiger partial charge on any atom is -1.00 e. The highest BCUT2D eigenvalue weighted by molar-refractivity contribution is 6.39. The highest BCUT2D eigenvalue weighted by atomic mass is 79.9. The van der Waals surface area contributed by atoms with Crippen LogP contribution in [0.2, 0.25) is 10.3 Å². The summed E-state index contributed by atoms with van der Waals surface area (Å²) >= 11 is 13.1. The molecule has 0 fully saturated rings. The van der Waals surface area contributed by atoms with Crippen molar-refractivity contribution >= 4 is 29.3 Å². The lowest BCUT2D eigenvalue weighted by molar-refractivity contribution is -0.695. The number of hydrogen-bond acceptors (Lipinski definition) is 0. The van der Waals surface area contributed by atoms with E-state index < -0.39 is 0 Å². The maximum atomic E-state index is 6.63. The second-order valence-electron chi connectivity index (χ2n) is 6.63. The second kappa shape index (κ2) is 8.75. The third-order valence-electron chi connectivity index (χ3n) is 5.11. The molecule has 1 heterocycles. The summed E-state index contributed by atoms with van der Waals surface area (Å²) in [4.78, 5) is 0. The summed E-state index contributed by atoms with van der Waals surface area (Å²) in [6, 6.07) is 8.56. The van der Waals surface area contributed by atoms with Crippen molar-refractivity contribution in [1.29, 1.82) is 0 Å². The topological polar surface area (TPSA) is 8.81 Å². The number of hydrogen-bond donors (Lipinski definition) is 0. The van der Waals surface area contributed by atoms with Gasteiger partial charge in [0.05, 0.1) is 6.54 Å². The molecule has 0 aliphatic heterocycles. The number of rotatable bonds is 6. The molecule has 0 bridgehead atoms. The van der Waals surface area contributed by atoms with Gasteiger partial charge in [0.15, 0.2) is 0 Å². The molecule has 0 saturated heterocycles. The van der Waals surface area contributed by atoms with Crippen molar-refractivity contribution in [3.8, 4) is 0 Å². The molecule has 5 heteroatoms. The quantitative estimate of drug-likeness (QED) is 0.479. The van der Waals surface area contributed by atoms with Gasteiger partial charge in [-0.3, -0.25) is 0 Å². The molecule has 3 rings (SSSR count). The van der Waals surface area contributed by atoms with Gasteiger partial charge in [0, 0.05) is 6.42 Å². The monoisotopic (exact) mass is 442 g/mol. The summed E-state index contributed by atoms with van der Waals surface area (Å²) in [5.74, 6) is 0. The Hall–Kier alpha value is -0.770. The molecule has 1 unspecified atom stereocenters. The molecule has 1 aromatic carbocycles. The minimum atomic E-state index is -0.148. The van der Waals surface area contributed by atoms with Crippen LogP contribution in [0, 0.1) is 0 Å². The summed E-state index contributed by atoms with van der Waals surface area (Å²) in [7, 11) is 0. The van der Waals surface area contributed by atoms with Crippen LogP contribution in [-0.2, 0) is 18.5 Å². The van der Waals surface area contributed by atoms with E-state index >= 15 is 0 Å². The molecular weight excluding hydrogens is 419 g/mol. The van der Waals surface area contributed by atoms with Crippen molar-refractivity contribution in [2.45, 2.75) is 58.0 Å². The van der Waals surface area contributed by atoms with E-state index in [1.54, 1.807) is 0 Å². The highest BCUT2D eigenvalue weighted by Gasteiger charge is 2.39. The van der Waals surface area contributed by atoms with Crippen molar-refractivity contribution in [3.05, 3.63) is 58.1 Å². The van der Waals surface area contributed by atoms with E-state index in [1.807, 2.05) is 0 Å². The summed E-state index contributed by atoms with van der Waals surface area (Å²) in [6.45, 7) is 5.34. The number of allylic oxidation sites excluding steroid dienone is 1. The van der Waals surface area contributed by atoms with Gasteiger partial charge in [-0.2, -0.15) is 0 Å². The molecule has 1 atom stereocenters. The number of nitrogens with zero attached hydrogens (tertiary/aromatic N) is 2. The summed E-state index contributed by atoms with van der Waals surface area (Å²) in [6.07, 6.45) is 12.0. The minimum absolute atomic E-state index is 0. The number of aromatic nitrogens is 2. The average Bonchev–Trinajstić information content (AvgIpc) is 2.90. The number of benzene rings is 1. The zero-order valence-corrected chi connectivity index (χ0v) is 17.9. The molecule has 25 heavy (non-hydrogen) atoms. The molecule has 0 spiro atoms. The van der Waals surface area contributed by atoms with Gasteiger partial charge in [0.1, 0.15) is 5.54 Å². The van der Waals surface area contributed by atoms with Crippen molar-refractivity contribution in [2.75, 3.05) is 0 Å². The first kappa shape index (κ1) is 20.5. The van der Waals surface area contributed by atoms with Crippen LogP contribution in [0.3, 0.4) is 0 Å². The third-order valence-corrected chi connectivity index (χ3v) is 5.96. The number of aryl methyl sites for hydroxylation is 1. The highest BCUT2D eigenvalue weighted by Crippen LogP contribution is 2.37. The Bertz CT molecular complexity index is 754. The number of imidazole rings is 1. The summed E-state index contributed by atoms with van der Waals surface area (Å²) in [5.41, 5.74) is 2.51. The first-order valence-corrected chi connectivity index (χ1v) is 9.60. The predicted molar refractivity (Wildman–Crippen MR) is 102 cm³/mol. The maximum Gasteiger partial charge on any atom is 0.255 e. The van der Waals surface area contributed by atoms with Gasteiger partial charge >= 0.3 is 0 Å². The Morgan fingerprint density at radius 2 is 1.92 bits per heavy atom. The first-order valence-electron chi connectivity index (χ1n) is 8.84. The Morgan fingerprint density at radius 1 is 1.16 bits per heavy atom. The van der Waals surface area contributed by atoms with Crippen LogP contribution >= 0.6 is 23.2 Å². The number of unbranched alkanes of at least 4 members (excludes halogenated alkanes) is 2. The molecule has 1 aromatic heterocycles. The predicted octanol–water partition coefficient (Wildman–Crippen LogP) is 2.65. The van der Waals surface area contributed by atoms with Gasteiger partial charge in [-0.25, -0.2) is 9.13 Å². The largest absolute Gasteiger partial charge is 1.00 e. The molecule has 136 valence electrons. The summed E-state index contributed by atoms with van der Waals surface area (Å²) in [5, 5.41) is 1.28. The van der Waals surface area contributed by atoms with Crippen molar-refractivity contribution < 1.29 is 21.5 Å². The van der Waals surface area contributed by atoms with E-state index in [1.165, 1.54) is 24.0 Å². The van der Waals surface area contributed by atoms with Gasteiger partial charge < -0.3 is 17.0 Å². The molecule has 0 saturated carbocycles. The van der Waals surface area contributed by atoms with Gasteiger partial charge in [-0.15, -0.1) is 0 Å². The fourth-order valence-electron chi connectivity index (χ4n) is 3.53. The zero-order chi connectivity index (χ0) is 17.2. The van der Waals surface area contributed by atoms with Crippen molar-refractivity contribution in [3.63, 3.8) is 0 Å². The smallest absolute Gasteiger partial charge is 0.255 e. The van der Waals surface area contributed by atoms with Crippen LogP contribution < -0.4 is 21.5 Å². The van der Waals surface area contributed by atoms with E-state index in [0.29, 0.717) is 10.3 Å². The summed E-state index contributed by atoms with van der Waals surface area (Å²) < 4.78 is 4.25. The Morgan fingerprint density at radius 3 is 2.64 bits per heavy atom. The van der Waals surface area contributed by atoms with Crippen LogP contribution in [0.5, 0.6) is 0 Å². The van der Waals surface area contributed by atoms with Gasteiger partial charge in [-0.05, 0) is 59.7 Å². The molecule has 1 aliphatic rings. The fourth-order valence-corrected chi connectivity index (χ4v) is 4.07. The van der Waals surface area contributed by atoms with Crippen LogP contribution in [0.15, 0.2) is 36.7 Å². The van der Waals surface area contributed by atoms with Crippen molar-refractivity contribution in [2.24, 2.45) is 0 Å². The molecule has 1 aliphatic carbocycles. The standard InChI is InChI=1S/C20H25Cl2N2.BrH/c1-3-5-8-13-23-15-24(19(22)18(23)21)20(4-2)12-11-16-9-6-7-10-17(16)14-20;/h6-7,9-12,15H,3-5,8,13-14H2,1-2H3;1H/q+1;/p-1. The van der Waals surface area contributed by atoms with E-state index in [0.717, 1.165) is 25.8 Å². The van der Waals surface area contributed by atoms with Gasteiger partial charge in [0.25, 0.3) is 10.3 Å². The third kappa shape index (κ3) is 3.99. The lowest BCUT2D eigenvalue weighted by Gasteiger charge is -2.30. The maximum absolute atomic E-state index is 6.63. The molecular formula is C20H25BrCl2N2. The molecule has 0 amide bonds. The first-order chi connectivity index (χ1) is 11.6. The van der Waals surface area contributed by atoms with Crippen LogP contribution in [0.4, 0.5) is 0 Å². The number of fused-ring (bicyclic) bond motifs is 1.